The topological polar surface area (TPSA) is 0 Å². The highest BCUT2D eigenvalue weighted by molar-refractivity contribution is 9.10. The quantitative estimate of drug-likeness (QED) is 0.547. The lowest BCUT2D eigenvalue weighted by molar-refractivity contribution is 1.60. The summed E-state index contributed by atoms with van der Waals surface area (Å²) in [5.41, 5.74) is 2.07. The maximum atomic E-state index is 3.40. The van der Waals surface area contributed by atoms with Gasteiger partial charge < -0.3 is 0 Å². The van der Waals surface area contributed by atoms with Gasteiger partial charge in [-0.15, -0.1) is 0 Å². The fourth-order valence-corrected chi connectivity index (χ4v) is 2.03. The van der Waals surface area contributed by atoms with Crippen LogP contribution in [0.3, 0.4) is 0 Å². The summed E-state index contributed by atoms with van der Waals surface area (Å²) in [6.45, 7) is 0. The van der Waals surface area contributed by atoms with Crippen molar-refractivity contribution in [3.63, 3.8) is 0 Å². The zero-order valence-corrected chi connectivity index (χ0v) is 12.6. The number of halogens is 1. The van der Waals surface area contributed by atoms with Gasteiger partial charge in [0, 0.05) is 15.6 Å². The Balaban J connectivity index is 1.82. The number of hydrogen-bond acceptors (Lipinski definition) is 1. The van der Waals surface area contributed by atoms with Gasteiger partial charge in [-0.3, -0.25) is 0 Å². The summed E-state index contributed by atoms with van der Waals surface area (Å²) in [6.07, 6.45) is 0. The largest absolute Gasteiger partial charge is 0.0859 e. The second-order valence-electron chi connectivity index (χ2n) is 3.69. The molecule has 2 rings (SSSR count). The second-order valence-corrected chi connectivity index (χ2v) is 5.39. The van der Waals surface area contributed by atoms with Crippen LogP contribution < -0.4 is 0 Å². The molecule has 2 heteroatoms. The van der Waals surface area contributed by atoms with E-state index in [1.54, 1.807) is 0 Å². The SMILES string of the molecule is Brc1ccc(C#CCSC#Cc2ccccc2)cc1. The fourth-order valence-electron chi connectivity index (χ4n) is 1.36. The third kappa shape index (κ3) is 5.26. The van der Waals surface area contributed by atoms with Crippen molar-refractivity contribution < 1.29 is 0 Å². The summed E-state index contributed by atoms with van der Waals surface area (Å²) in [5, 5.41) is 3.05. The molecule has 92 valence electrons. The summed E-state index contributed by atoms with van der Waals surface area (Å²) in [4.78, 5) is 0. The summed E-state index contributed by atoms with van der Waals surface area (Å²) >= 11 is 4.93. The van der Waals surface area contributed by atoms with Crippen molar-refractivity contribution in [3.05, 3.63) is 70.2 Å². The molecule has 0 aliphatic carbocycles. The van der Waals surface area contributed by atoms with Crippen LogP contribution in [0.5, 0.6) is 0 Å². The van der Waals surface area contributed by atoms with Crippen LogP contribution in [0.1, 0.15) is 11.1 Å². The number of hydrogen-bond donors (Lipinski definition) is 0. The van der Waals surface area contributed by atoms with E-state index in [4.69, 9.17) is 0 Å². The van der Waals surface area contributed by atoms with E-state index in [1.807, 2.05) is 54.6 Å². The van der Waals surface area contributed by atoms with Gasteiger partial charge >= 0.3 is 0 Å². The minimum absolute atomic E-state index is 0.718. The Hall–Kier alpha value is -1.61. The number of rotatable bonds is 1. The molecule has 0 saturated carbocycles. The van der Waals surface area contributed by atoms with E-state index in [2.05, 4.69) is 38.9 Å². The lowest BCUT2D eigenvalue weighted by atomic mass is 10.2. The Morgan fingerprint density at radius 1 is 0.842 bits per heavy atom. The predicted molar refractivity (Wildman–Crippen MR) is 86.8 cm³/mol. The summed E-state index contributed by atoms with van der Waals surface area (Å²) < 4.78 is 1.07. The summed E-state index contributed by atoms with van der Waals surface area (Å²) in [5.74, 6) is 10.0. The van der Waals surface area contributed by atoms with E-state index in [-0.39, 0.29) is 0 Å². The highest BCUT2D eigenvalue weighted by atomic mass is 79.9. The van der Waals surface area contributed by atoms with Crippen LogP contribution in [0.25, 0.3) is 0 Å². The minimum Gasteiger partial charge on any atom is -0.0859 e. The Kier molecular flexibility index (Phi) is 5.63. The first-order valence-electron chi connectivity index (χ1n) is 5.77. The van der Waals surface area contributed by atoms with Gasteiger partial charge in [0.2, 0.25) is 0 Å². The lowest BCUT2D eigenvalue weighted by Crippen LogP contribution is -1.74. The van der Waals surface area contributed by atoms with E-state index < -0.39 is 0 Å². The molecule has 0 atom stereocenters. The summed E-state index contributed by atoms with van der Waals surface area (Å²) in [7, 11) is 0. The van der Waals surface area contributed by atoms with Crippen molar-refractivity contribution in [2.45, 2.75) is 0 Å². The van der Waals surface area contributed by atoms with Gasteiger partial charge in [-0.25, -0.2) is 0 Å². The fraction of sp³-hybridized carbons (Fsp3) is 0.0588. The Labute approximate surface area is 126 Å². The zero-order chi connectivity index (χ0) is 13.3. The molecule has 0 nitrogen and oxygen atoms in total. The zero-order valence-electron chi connectivity index (χ0n) is 10.2. The molecule has 0 heterocycles. The molecule has 0 aliphatic rings. The third-order valence-corrected chi connectivity index (χ3v) is 3.33. The van der Waals surface area contributed by atoms with E-state index in [1.165, 1.54) is 11.8 Å². The third-order valence-electron chi connectivity index (χ3n) is 2.26. The molecule has 0 aromatic heterocycles. The Bertz CT molecular complexity index is 637. The smallest absolute Gasteiger partial charge is 0.0674 e. The Morgan fingerprint density at radius 3 is 2.26 bits per heavy atom. The molecule has 0 fully saturated rings. The molecule has 0 N–H and O–H groups in total. The van der Waals surface area contributed by atoms with E-state index in [0.29, 0.717) is 0 Å². The van der Waals surface area contributed by atoms with Crippen LogP contribution in [0, 0.1) is 23.0 Å². The molecule has 2 aromatic rings. The molecule has 0 unspecified atom stereocenters. The van der Waals surface area contributed by atoms with Gasteiger partial charge in [0.25, 0.3) is 0 Å². The second kappa shape index (κ2) is 7.74. The molecule has 0 aliphatic heterocycles. The van der Waals surface area contributed by atoms with Gasteiger partial charge in [-0.2, -0.15) is 0 Å². The standard InChI is InChI=1S/C17H11BrS/c18-17-10-8-16(9-11-17)7-4-13-19-14-12-15-5-2-1-3-6-15/h1-3,5-6,8-11H,13H2. The predicted octanol–water partition coefficient (Wildman–Crippen LogP) is 4.54. The van der Waals surface area contributed by atoms with Gasteiger partial charge in [0.15, 0.2) is 0 Å². The highest BCUT2D eigenvalue weighted by Crippen LogP contribution is 2.09. The van der Waals surface area contributed by atoms with Crippen LogP contribution in [-0.2, 0) is 0 Å². The van der Waals surface area contributed by atoms with Crippen molar-refractivity contribution in [2.24, 2.45) is 0 Å². The average Bonchev–Trinajstić information content (AvgIpc) is 2.46. The van der Waals surface area contributed by atoms with Crippen LogP contribution in [0.15, 0.2) is 59.1 Å². The van der Waals surface area contributed by atoms with Crippen LogP contribution in [-0.4, -0.2) is 5.75 Å². The molecule has 0 amide bonds. The molecule has 0 radical (unpaired) electrons. The van der Waals surface area contributed by atoms with Crippen LogP contribution in [0.2, 0.25) is 0 Å². The van der Waals surface area contributed by atoms with Crippen LogP contribution in [0.4, 0.5) is 0 Å². The van der Waals surface area contributed by atoms with Crippen molar-refractivity contribution in [1.82, 2.24) is 0 Å². The van der Waals surface area contributed by atoms with Gasteiger partial charge in [-0.1, -0.05) is 63.7 Å². The molecular formula is C17H11BrS. The molecule has 2 aromatic carbocycles. The monoisotopic (exact) mass is 326 g/mol. The molecule has 19 heavy (non-hydrogen) atoms. The van der Waals surface area contributed by atoms with E-state index in [9.17, 15) is 0 Å². The molecule has 0 spiro atoms. The normalized spacial score (nSPS) is 8.89. The first-order valence-corrected chi connectivity index (χ1v) is 7.55. The maximum Gasteiger partial charge on any atom is 0.0674 e. The van der Waals surface area contributed by atoms with Crippen molar-refractivity contribution in [2.75, 3.05) is 5.75 Å². The first-order chi connectivity index (χ1) is 9.34. The highest BCUT2D eigenvalue weighted by Gasteiger charge is 1.86. The maximum absolute atomic E-state index is 3.40. The molecule has 0 saturated heterocycles. The van der Waals surface area contributed by atoms with Gasteiger partial charge in [-0.05, 0) is 41.7 Å². The molecule has 0 bridgehead atoms. The van der Waals surface area contributed by atoms with E-state index in [0.717, 1.165) is 21.4 Å². The number of benzene rings is 2. The Morgan fingerprint density at radius 2 is 1.53 bits per heavy atom. The van der Waals surface area contributed by atoms with Gasteiger partial charge in [0.1, 0.15) is 0 Å². The lowest BCUT2D eigenvalue weighted by Gasteiger charge is -1.89. The first kappa shape index (κ1) is 13.8. The minimum atomic E-state index is 0.718. The van der Waals surface area contributed by atoms with Crippen molar-refractivity contribution in [1.29, 1.82) is 0 Å². The van der Waals surface area contributed by atoms with Crippen LogP contribution >= 0.6 is 27.7 Å². The summed E-state index contributed by atoms with van der Waals surface area (Å²) in [6, 6.07) is 17.9. The van der Waals surface area contributed by atoms with Gasteiger partial charge in [0.05, 0.1) is 5.75 Å². The average molecular weight is 327 g/mol. The van der Waals surface area contributed by atoms with E-state index >= 15 is 0 Å². The molecular weight excluding hydrogens is 316 g/mol. The van der Waals surface area contributed by atoms with Crippen molar-refractivity contribution in [3.8, 4) is 23.0 Å². The number of thioether (sulfide) groups is 1. The van der Waals surface area contributed by atoms with Crippen molar-refractivity contribution >= 4 is 27.7 Å².